The molecule has 13 nitrogen and oxygen atoms in total. The zero-order valence-corrected chi connectivity index (χ0v) is 26.0. The topological polar surface area (TPSA) is 200 Å². The molecule has 1 aromatic carbocycles. The summed E-state index contributed by atoms with van der Waals surface area (Å²) in [5, 5.41) is 32.0. The lowest BCUT2D eigenvalue weighted by Crippen LogP contribution is -2.54. The maximum atomic E-state index is 9.55. The molecule has 2 atom stereocenters. The minimum atomic E-state index is -1.26. The number of benzene rings is 1. The van der Waals surface area contributed by atoms with Gasteiger partial charge in [-0.1, -0.05) is 17.7 Å². The number of aromatic nitrogens is 2. The number of likely N-dealkylation sites (tertiary alicyclic amines) is 1. The van der Waals surface area contributed by atoms with Crippen molar-refractivity contribution < 1.29 is 49.1 Å². The average Bonchev–Trinajstić information content (AvgIpc) is 3.36. The Morgan fingerprint density at radius 2 is 1.56 bits per heavy atom. The summed E-state index contributed by atoms with van der Waals surface area (Å²) < 4.78 is 13.0. The molecule has 0 bridgehead atoms. The molecule has 0 amide bonds. The molecule has 3 aliphatic rings. The van der Waals surface area contributed by atoms with Crippen LogP contribution >= 0.6 is 11.6 Å². The molecule has 1 aromatic heterocycles. The smallest absolute Gasteiger partial charge is 0.328 e. The van der Waals surface area contributed by atoms with Gasteiger partial charge < -0.3 is 34.9 Å². The molecule has 3 aliphatic heterocycles. The van der Waals surface area contributed by atoms with E-state index in [1.54, 1.807) is 6.33 Å². The first kappa shape index (κ1) is 35.3. The minimum absolute atomic E-state index is 0.0994. The lowest BCUT2D eigenvalue weighted by Gasteiger charge is -2.54. The van der Waals surface area contributed by atoms with E-state index in [2.05, 4.69) is 41.7 Å². The van der Waals surface area contributed by atoms with Gasteiger partial charge >= 0.3 is 23.9 Å². The molecule has 0 radical (unpaired) electrons. The highest BCUT2D eigenvalue weighted by atomic mass is 35.5. The van der Waals surface area contributed by atoms with Crippen LogP contribution in [0.1, 0.15) is 56.2 Å². The summed E-state index contributed by atoms with van der Waals surface area (Å²) in [7, 11) is 0. The summed E-state index contributed by atoms with van der Waals surface area (Å²) in [5.74, 6) is -3.80. The van der Waals surface area contributed by atoms with Crippen molar-refractivity contribution in [1.29, 1.82) is 0 Å². The number of ether oxygens (including phenoxy) is 2. The van der Waals surface area contributed by atoms with Crippen molar-refractivity contribution in [3.63, 3.8) is 0 Å². The number of rotatable bonds is 6. The van der Waals surface area contributed by atoms with Crippen LogP contribution in [-0.4, -0.2) is 84.5 Å². The molecule has 0 unspecified atom stereocenters. The number of piperidine rings is 1. The Labute approximate surface area is 265 Å². The number of aryl methyl sites for hydroxylation is 1. The third-order valence-corrected chi connectivity index (χ3v) is 8.34. The van der Waals surface area contributed by atoms with Crippen LogP contribution in [0.25, 0.3) is 0 Å². The van der Waals surface area contributed by atoms with Gasteiger partial charge in [-0.25, -0.2) is 24.2 Å². The van der Waals surface area contributed by atoms with Crippen LogP contribution < -0.4 is 4.74 Å². The number of nitrogens with zero attached hydrogens (tertiary/aromatic N) is 2. The molecule has 45 heavy (non-hydrogen) atoms. The highest BCUT2D eigenvalue weighted by molar-refractivity contribution is 6.30. The number of aliphatic carboxylic acids is 4. The number of halogens is 1. The maximum absolute atomic E-state index is 9.55. The second-order valence-electron chi connectivity index (χ2n) is 11.7. The Morgan fingerprint density at radius 1 is 1.00 bits per heavy atom. The van der Waals surface area contributed by atoms with Gasteiger partial charge in [0.2, 0.25) is 0 Å². The maximum Gasteiger partial charge on any atom is 0.328 e. The number of fused-ring (bicyclic) bond motifs is 3. The second kappa shape index (κ2) is 15.2. The monoisotopic (exact) mass is 647 g/mol. The van der Waals surface area contributed by atoms with Gasteiger partial charge in [0.05, 0.1) is 30.4 Å². The number of hydrogen-bond acceptors (Lipinski definition) is 8. The molecule has 5 rings (SSSR count). The van der Waals surface area contributed by atoms with Gasteiger partial charge in [-0.2, -0.15) is 0 Å². The van der Waals surface area contributed by atoms with E-state index in [-0.39, 0.29) is 17.1 Å². The van der Waals surface area contributed by atoms with Gasteiger partial charge in [0.15, 0.2) is 0 Å². The fourth-order valence-corrected chi connectivity index (χ4v) is 5.88. The van der Waals surface area contributed by atoms with E-state index in [1.807, 2.05) is 12.1 Å². The first-order valence-corrected chi connectivity index (χ1v) is 14.6. The number of nitrogens with one attached hydrogen (secondary N) is 1. The molecule has 14 heteroatoms. The van der Waals surface area contributed by atoms with Gasteiger partial charge in [-0.15, -0.1) is 0 Å². The Morgan fingerprint density at radius 3 is 2.04 bits per heavy atom. The van der Waals surface area contributed by atoms with Gasteiger partial charge in [0.1, 0.15) is 11.4 Å². The van der Waals surface area contributed by atoms with Crippen molar-refractivity contribution in [2.45, 2.75) is 58.3 Å². The SMILES string of the molecule is Cc1nc[nH]c1CN1CCC2(CC1)CO[C@H]1c3ccc(Cl)cc3OC(C)(C)[C@@H]1C2.O=C(O)/C=C/C(=O)O.O=C(O)/C=C/C(=O)O. The van der Waals surface area contributed by atoms with Gasteiger partial charge in [0, 0.05) is 47.4 Å². The van der Waals surface area contributed by atoms with Crippen molar-refractivity contribution in [1.82, 2.24) is 14.9 Å². The fraction of sp³-hybridized carbons (Fsp3) is 0.452. The van der Waals surface area contributed by atoms with Gasteiger partial charge in [-0.05, 0) is 70.7 Å². The zero-order valence-electron chi connectivity index (χ0n) is 25.2. The number of imidazole rings is 1. The Balaban J connectivity index is 0.000000287. The van der Waals surface area contributed by atoms with Crippen molar-refractivity contribution in [3.05, 3.63) is 70.8 Å². The predicted octanol–water partition coefficient (Wildman–Crippen LogP) is 4.33. The number of H-pyrrole nitrogens is 1. The molecular weight excluding hydrogens is 610 g/mol. The van der Waals surface area contributed by atoms with Crippen LogP contribution in [0.5, 0.6) is 5.75 Å². The van der Waals surface area contributed by atoms with E-state index in [1.165, 1.54) is 18.5 Å². The molecule has 2 saturated heterocycles. The lowest BCUT2D eigenvalue weighted by atomic mass is 9.64. The highest BCUT2D eigenvalue weighted by Crippen LogP contribution is 2.55. The molecule has 4 heterocycles. The number of carbonyl (C=O) groups is 4. The third-order valence-electron chi connectivity index (χ3n) is 8.10. The molecular formula is C31H38ClN3O10. The van der Waals surface area contributed by atoms with E-state index >= 15 is 0 Å². The molecule has 0 aliphatic carbocycles. The van der Waals surface area contributed by atoms with Gasteiger partial charge in [-0.3, -0.25) is 4.90 Å². The Bertz CT molecular complexity index is 1380. The van der Waals surface area contributed by atoms with Crippen LogP contribution in [0.4, 0.5) is 0 Å². The first-order chi connectivity index (χ1) is 21.1. The number of aromatic amines is 1. The summed E-state index contributed by atoms with van der Waals surface area (Å²) in [6, 6.07) is 5.96. The summed E-state index contributed by atoms with van der Waals surface area (Å²) >= 11 is 6.20. The standard InChI is InChI=1S/C23H30ClN3O2.2C4H4O4/c1-15-19(26-14-25-15)12-27-8-6-23(7-9-27)11-18-21(28-13-23)17-5-4-16(24)10-20(17)29-22(18,2)3;2*5-3(6)1-2-4(7)8/h4-5,10,14,18,21H,6-9,11-13H2,1-3H3,(H,25,26);2*1-2H,(H,5,6)(H,7,8)/b;2*2-1+/t18-,21+;;/m1../s1. The van der Waals surface area contributed by atoms with Crippen LogP contribution in [0.15, 0.2) is 48.8 Å². The number of hydrogen-bond donors (Lipinski definition) is 5. The first-order valence-electron chi connectivity index (χ1n) is 14.2. The van der Waals surface area contributed by atoms with Crippen molar-refractivity contribution in [3.8, 4) is 5.75 Å². The number of carboxylic acids is 4. The summed E-state index contributed by atoms with van der Waals surface area (Å²) in [4.78, 5) is 48.4. The van der Waals surface area contributed by atoms with Crippen molar-refractivity contribution in [2.75, 3.05) is 19.7 Å². The Kier molecular flexibility index (Phi) is 11.9. The van der Waals surface area contributed by atoms with E-state index in [4.69, 9.17) is 41.5 Å². The molecule has 1 spiro atoms. The largest absolute Gasteiger partial charge is 0.487 e. The van der Waals surface area contributed by atoms with Crippen LogP contribution in [-0.2, 0) is 30.5 Å². The number of carboxylic acid groups (broad SMARTS) is 4. The summed E-state index contributed by atoms with van der Waals surface area (Å²) in [5.41, 5.74) is 3.48. The summed E-state index contributed by atoms with van der Waals surface area (Å²) in [6.07, 6.45) is 7.63. The summed E-state index contributed by atoms with van der Waals surface area (Å²) in [6.45, 7) is 10.5. The molecule has 2 fully saturated rings. The van der Waals surface area contributed by atoms with Crippen LogP contribution in [0.2, 0.25) is 5.02 Å². The quantitative estimate of drug-likeness (QED) is 0.278. The van der Waals surface area contributed by atoms with E-state index in [9.17, 15) is 19.2 Å². The fourth-order valence-electron chi connectivity index (χ4n) is 5.71. The average molecular weight is 648 g/mol. The van der Waals surface area contributed by atoms with E-state index in [0.29, 0.717) is 35.2 Å². The van der Waals surface area contributed by atoms with Crippen molar-refractivity contribution in [2.24, 2.45) is 11.3 Å². The zero-order chi connectivity index (χ0) is 33.4. The van der Waals surface area contributed by atoms with Crippen LogP contribution in [0.3, 0.4) is 0 Å². The molecule has 244 valence electrons. The molecule has 2 aromatic rings. The van der Waals surface area contributed by atoms with E-state index < -0.39 is 23.9 Å². The van der Waals surface area contributed by atoms with E-state index in [0.717, 1.165) is 49.7 Å². The lowest BCUT2D eigenvalue weighted by molar-refractivity contribution is -0.174. The predicted molar refractivity (Wildman–Crippen MR) is 162 cm³/mol. The normalized spacial score (nSPS) is 21.3. The second-order valence-corrected chi connectivity index (χ2v) is 12.1. The minimum Gasteiger partial charge on any atom is -0.487 e. The van der Waals surface area contributed by atoms with Gasteiger partial charge in [0.25, 0.3) is 0 Å². The Hall–Kier alpha value is -4.20. The highest BCUT2D eigenvalue weighted by Gasteiger charge is 2.52. The van der Waals surface area contributed by atoms with Crippen LogP contribution in [0, 0.1) is 18.3 Å². The van der Waals surface area contributed by atoms with Crippen molar-refractivity contribution >= 4 is 35.5 Å². The third kappa shape index (κ3) is 10.2. The molecule has 5 N–H and O–H groups in total. The molecule has 0 saturated carbocycles.